The first kappa shape index (κ1) is 11.9. The number of hydrogen-bond acceptors (Lipinski definition) is 2. The van der Waals surface area contributed by atoms with Crippen molar-refractivity contribution in [1.82, 2.24) is 0 Å². The molecule has 0 aromatic heterocycles. The molecular weight excluding hydrogens is 188 g/mol. The zero-order valence-corrected chi connectivity index (χ0v) is 9.88. The zero-order chi connectivity index (χ0) is 11.1. The number of rotatable bonds is 6. The summed E-state index contributed by atoms with van der Waals surface area (Å²) in [6.45, 7) is 7.67. The molecule has 1 aromatic rings. The Hall–Kier alpha value is -1.18. The maximum Gasteiger partial charge on any atom is 0.123 e. The number of benzene rings is 1. The van der Waals surface area contributed by atoms with Crippen molar-refractivity contribution >= 4 is 0 Å². The molecule has 15 heavy (non-hydrogen) atoms. The molecule has 0 heterocycles. The molecule has 0 amide bonds. The summed E-state index contributed by atoms with van der Waals surface area (Å²) >= 11 is 0. The summed E-state index contributed by atoms with van der Waals surface area (Å²) < 4.78 is 11.1. The quantitative estimate of drug-likeness (QED) is 0.665. The molecule has 0 atom stereocenters. The highest BCUT2D eigenvalue weighted by atomic mass is 16.5. The van der Waals surface area contributed by atoms with E-state index in [9.17, 15) is 0 Å². The highest BCUT2D eigenvalue weighted by Crippen LogP contribution is 2.22. The van der Waals surface area contributed by atoms with Gasteiger partial charge in [0.25, 0.3) is 0 Å². The van der Waals surface area contributed by atoms with E-state index in [1.165, 1.54) is 5.56 Å². The number of ether oxygens (including phenoxy) is 2. The molecule has 1 rings (SSSR count). The molecule has 0 saturated carbocycles. The van der Waals surface area contributed by atoms with E-state index in [0.717, 1.165) is 30.9 Å². The number of unbranched alkanes of at least 4 members (excludes halogenated alkanes) is 1. The summed E-state index contributed by atoms with van der Waals surface area (Å²) in [4.78, 5) is 0. The minimum Gasteiger partial charge on any atom is -0.494 e. The minimum atomic E-state index is 0.692. The SMILES string of the molecule is CCCCOc1cc(C)cc(OCC)c1. The molecule has 0 bridgehead atoms. The lowest BCUT2D eigenvalue weighted by Gasteiger charge is -2.09. The van der Waals surface area contributed by atoms with Crippen LogP contribution in [-0.4, -0.2) is 13.2 Å². The van der Waals surface area contributed by atoms with Crippen molar-refractivity contribution in [3.05, 3.63) is 23.8 Å². The van der Waals surface area contributed by atoms with Crippen molar-refractivity contribution < 1.29 is 9.47 Å². The molecule has 0 aliphatic carbocycles. The van der Waals surface area contributed by atoms with Crippen LogP contribution >= 0.6 is 0 Å². The second kappa shape index (κ2) is 6.33. The molecule has 0 N–H and O–H groups in total. The summed E-state index contributed by atoms with van der Waals surface area (Å²) in [5.41, 5.74) is 1.17. The predicted octanol–water partition coefficient (Wildman–Crippen LogP) is 3.57. The Bertz CT molecular complexity index is 295. The summed E-state index contributed by atoms with van der Waals surface area (Å²) in [7, 11) is 0. The summed E-state index contributed by atoms with van der Waals surface area (Å²) in [5.74, 6) is 1.80. The van der Waals surface area contributed by atoms with Crippen molar-refractivity contribution in [1.29, 1.82) is 0 Å². The van der Waals surface area contributed by atoms with Crippen molar-refractivity contribution in [3.63, 3.8) is 0 Å². The predicted molar refractivity (Wildman–Crippen MR) is 62.8 cm³/mol. The lowest BCUT2D eigenvalue weighted by molar-refractivity contribution is 0.302. The third-order valence-electron chi connectivity index (χ3n) is 2.10. The summed E-state index contributed by atoms with van der Waals surface area (Å²) in [6.07, 6.45) is 2.25. The first-order valence-electron chi connectivity index (χ1n) is 5.63. The van der Waals surface area contributed by atoms with Gasteiger partial charge in [0.1, 0.15) is 11.5 Å². The van der Waals surface area contributed by atoms with Crippen LogP contribution in [0.1, 0.15) is 32.3 Å². The van der Waals surface area contributed by atoms with Gasteiger partial charge in [-0.1, -0.05) is 13.3 Å². The van der Waals surface area contributed by atoms with Gasteiger partial charge in [0.05, 0.1) is 13.2 Å². The van der Waals surface area contributed by atoms with Crippen LogP contribution in [0.5, 0.6) is 11.5 Å². The molecule has 0 saturated heterocycles. The van der Waals surface area contributed by atoms with Crippen molar-refractivity contribution in [2.45, 2.75) is 33.6 Å². The monoisotopic (exact) mass is 208 g/mol. The van der Waals surface area contributed by atoms with Crippen LogP contribution in [0.4, 0.5) is 0 Å². The Kier molecular flexibility index (Phi) is 5.02. The van der Waals surface area contributed by atoms with Gasteiger partial charge in [-0.25, -0.2) is 0 Å². The molecule has 1 aromatic carbocycles. The largest absolute Gasteiger partial charge is 0.494 e. The van der Waals surface area contributed by atoms with Gasteiger partial charge >= 0.3 is 0 Å². The molecule has 0 aliphatic rings. The van der Waals surface area contributed by atoms with Gasteiger partial charge in [-0.3, -0.25) is 0 Å². The van der Waals surface area contributed by atoms with E-state index in [4.69, 9.17) is 9.47 Å². The maximum atomic E-state index is 5.63. The van der Waals surface area contributed by atoms with Crippen LogP contribution in [0.2, 0.25) is 0 Å². The van der Waals surface area contributed by atoms with E-state index in [2.05, 4.69) is 13.8 Å². The van der Waals surface area contributed by atoms with Crippen LogP contribution in [-0.2, 0) is 0 Å². The highest BCUT2D eigenvalue weighted by Gasteiger charge is 1.99. The summed E-state index contributed by atoms with van der Waals surface area (Å²) in [6, 6.07) is 6.01. The molecule has 0 spiro atoms. The second-order valence-corrected chi connectivity index (χ2v) is 3.62. The van der Waals surface area contributed by atoms with Crippen LogP contribution in [0.3, 0.4) is 0 Å². The fourth-order valence-electron chi connectivity index (χ4n) is 1.38. The highest BCUT2D eigenvalue weighted by molar-refractivity contribution is 5.37. The average Bonchev–Trinajstić information content (AvgIpc) is 2.18. The van der Waals surface area contributed by atoms with E-state index in [0.29, 0.717) is 6.61 Å². The third-order valence-corrected chi connectivity index (χ3v) is 2.10. The maximum absolute atomic E-state index is 5.63. The first-order chi connectivity index (χ1) is 7.26. The topological polar surface area (TPSA) is 18.5 Å². The second-order valence-electron chi connectivity index (χ2n) is 3.62. The lowest BCUT2D eigenvalue weighted by Crippen LogP contribution is -1.98. The van der Waals surface area contributed by atoms with Gasteiger partial charge in [-0.05, 0) is 38.0 Å². The van der Waals surface area contributed by atoms with Gasteiger partial charge in [0.15, 0.2) is 0 Å². The van der Waals surface area contributed by atoms with Crippen LogP contribution in [0.25, 0.3) is 0 Å². The number of hydrogen-bond donors (Lipinski definition) is 0. The smallest absolute Gasteiger partial charge is 0.123 e. The fraction of sp³-hybridized carbons (Fsp3) is 0.538. The Morgan fingerprint density at radius 3 is 2.27 bits per heavy atom. The average molecular weight is 208 g/mol. The van der Waals surface area contributed by atoms with Gasteiger partial charge in [0.2, 0.25) is 0 Å². The third kappa shape index (κ3) is 4.24. The van der Waals surface area contributed by atoms with Gasteiger partial charge in [-0.15, -0.1) is 0 Å². The molecule has 84 valence electrons. The number of aryl methyl sites for hydroxylation is 1. The lowest BCUT2D eigenvalue weighted by atomic mass is 10.2. The van der Waals surface area contributed by atoms with Crippen LogP contribution < -0.4 is 9.47 Å². The Labute approximate surface area is 92.2 Å². The Morgan fingerprint density at radius 1 is 1.00 bits per heavy atom. The van der Waals surface area contributed by atoms with Crippen molar-refractivity contribution in [2.24, 2.45) is 0 Å². The van der Waals surface area contributed by atoms with E-state index in [1.807, 2.05) is 25.1 Å². The van der Waals surface area contributed by atoms with Crippen LogP contribution in [0, 0.1) is 6.92 Å². The van der Waals surface area contributed by atoms with Gasteiger partial charge < -0.3 is 9.47 Å². The molecule has 0 aliphatic heterocycles. The van der Waals surface area contributed by atoms with Crippen molar-refractivity contribution in [3.8, 4) is 11.5 Å². The minimum absolute atomic E-state index is 0.692. The van der Waals surface area contributed by atoms with E-state index in [1.54, 1.807) is 0 Å². The molecule has 0 unspecified atom stereocenters. The Balaban J connectivity index is 2.62. The fourth-order valence-corrected chi connectivity index (χ4v) is 1.38. The normalized spacial score (nSPS) is 10.1. The molecule has 2 nitrogen and oxygen atoms in total. The van der Waals surface area contributed by atoms with Crippen molar-refractivity contribution in [2.75, 3.05) is 13.2 Å². The van der Waals surface area contributed by atoms with E-state index < -0.39 is 0 Å². The molecular formula is C13H20O2. The molecule has 0 fully saturated rings. The molecule has 2 heteroatoms. The van der Waals surface area contributed by atoms with Gasteiger partial charge in [-0.2, -0.15) is 0 Å². The zero-order valence-electron chi connectivity index (χ0n) is 9.88. The summed E-state index contributed by atoms with van der Waals surface area (Å²) in [5, 5.41) is 0. The van der Waals surface area contributed by atoms with Gasteiger partial charge in [0, 0.05) is 6.07 Å². The standard InChI is InChI=1S/C13H20O2/c1-4-6-7-15-13-9-11(3)8-12(10-13)14-5-2/h8-10H,4-7H2,1-3H3. The Morgan fingerprint density at radius 2 is 1.67 bits per heavy atom. The van der Waals surface area contributed by atoms with Crippen LogP contribution in [0.15, 0.2) is 18.2 Å². The van der Waals surface area contributed by atoms with E-state index >= 15 is 0 Å². The van der Waals surface area contributed by atoms with E-state index in [-0.39, 0.29) is 0 Å². The molecule has 0 radical (unpaired) electrons. The first-order valence-corrected chi connectivity index (χ1v) is 5.63.